The van der Waals surface area contributed by atoms with Crippen molar-refractivity contribution >= 4 is 17.8 Å². The Labute approximate surface area is 136 Å². The molecule has 0 atom stereocenters. The fourth-order valence-electron chi connectivity index (χ4n) is 3.26. The van der Waals surface area contributed by atoms with Crippen LogP contribution in [0.1, 0.15) is 41.9 Å². The van der Waals surface area contributed by atoms with Gasteiger partial charge in [0, 0.05) is 38.4 Å². The number of nitrogen functional groups attached to an aromatic ring is 1. The van der Waals surface area contributed by atoms with Gasteiger partial charge in [0.2, 0.25) is 0 Å². The van der Waals surface area contributed by atoms with Crippen molar-refractivity contribution in [1.82, 2.24) is 20.3 Å². The first-order valence-corrected chi connectivity index (χ1v) is 8.25. The molecule has 4 N–H and O–H groups in total. The molecule has 0 aromatic carbocycles. The van der Waals surface area contributed by atoms with Crippen molar-refractivity contribution in [3.05, 3.63) is 23.5 Å². The van der Waals surface area contributed by atoms with Crippen molar-refractivity contribution in [1.29, 1.82) is 5.41 Å². The zero-order valence-corrected chi connectivity index (χ0v) is 13.3. The number of amides is 1. The molecule has 23 heavy (non-hydrogen) atoms. The summed E-state index contributed by atoms with van der Waals surface area (Å²) in [5.41, 5.74) is 6.77. The predicted molar refractivity (Wildman–Crippen MR) is 89.4 cm³/mol. The van der Waals surface area contributed by atoms with Crippen molar-refractivity contribution in [3.63, 3.8) is 0 Å². The molecule has 3 heterocycles. The van der Waals surface area contributed by atoms with Gasteiger partial charge in [-0.3, -0.25) is 4.79 Å². The SMILES string of the molecule is N=Cc1nc(C(=O)NC2CCN(N3CCCC3)CC2)ccc1N. The van der Waals surface area contributed by atoms with Gasteiger partial charge in [0.1, 0.15) is 11.4 Å². The lowest BCUT2D eigenvalue weighted by atomic mass is 10.1. The number of rotatable bonds is 4. The first-order valence-electron chi connectivity index (χ1n) is 8.25. The van der Waals surface area contributed by atoms with E-state index in [1.54, 1.807) is 12.1 Å². The molecule has 0 radical (unpaired) electrons. The zero-order chi connectivity index (χ0) is 16.2. The Morgan fingerprint density at radius 3 is 2.52 bits per heavy atom. The summed E-state index contributed by atoms with van der Waals surface area (Å²) < 4.78 is 0. The highest BCUT2D eigenvalue weighted by Crippen LogP contribution is 2.18. The number of nitrogens with one attached hydrogen (secondary N) is 2. The number of hydrazine groups is 1. The fraction of sp³-hybridized carbons (Fsp3) is 0.562. The highest BCUT2D eigenvalue weighted by atomic mass is 16.1. The van der Waals surface area contributed by atoms with Gasteiger partial charge in [0.05, 0.1) is 5.69 Å². The molecule has 0 aliphatic carbocycles. The average Bonchev–Trinajstić information content (AvgIpc) is 3.10. The molecular weight excluding hydrogens is 292 g/mol. The lowest BCUT2D eigenvalue weighted by molar-refractivity contribution is -0.0248. The number of pyridine rings is 1. The number of nitrogens with two attached hydrogens (primary N) is 1. The molecule has 1 aromatic heterocycles. The lowest BCUT2D eigenvalue weighted by Crippen LogP contribution is -2.50. The summed E-state index contributed by atoms with van der Waals surface area (Å²) in [4.78, 5) is 16.5. The van der Waals surface area contributed by atoms with E-state index in [0.717, 1.165) is 32.1 Å². The van der Waals surface area contributed by atoms with Gasteiger partial charge in [-0.25, -0.2) is 15.0 Å². The summed E-state index contributed by atoms with van der Waals surface area (Å²) in [6, 6.07) is 3.42. The van der Waals surface area contributed by atoms with Crippen LogP contribution in [0.5, 0.6) is 0 Å². The molecule has 7 heteroatoms. The Morgan fingerprint density at radius 2 is 1.87 bits per heavy atom. The molecule has 0 saturated carbocycles. The van der Waals surface area contributed by atoms with Crippen LogP contribution in [0.2, 0.25) is 0 Å². The molecule has 1 aromatic rings. The van der Waals surface area contributed by atoms with Gasteiger partial charge < -0.3 is 16.5 Å². The summed E-state index contributed by atoms with van der Waals surface area (Å²) in [6.07, 6.45) is 5.55. The maximum absolute atomic E-state index is 12.3. The largest absolute Gasteiger partial charge is 0.397 e. The van der Waals surface area contributed by atoms with Crippen LogP contribution in [-0.4, -0.2) is 59.3 Å². The van der Waals surface area contributed by atoms with Crippen molar-refractivity contribution in [2.24, 2.45) is 0 Å². The Morgan fingerprint density at radius 1 is 1.22 bits per heavy atom. The topological polar surface area (TPSA) is 98.3 Å². The Kier molecular flexibility index (Phi) is 4.88. The van der Waals surface area contributed by atoms with Crippen LogP contribution in [0, 0.1) is 5.41 Å². The van der Waals surface area contributed by atoms with Crippen LogP contribution < -0.4 is 11.1 Å². The molecule has 2 aliphatic rings. The second kappa shape index (κ2) is 7.06. The summed E-state index contributed by atoms with van der Waals surface area (Å²) in [5, 5.41) is 15.2. The minimum Gasteiger partial charge on any atom is -0.397 e. The minimum absolute atomic E-state index is 0.184. The standard InChI is InChI=1S/C16H24N6O/c17-11-15-13(18)3-4-14(20-15)16(23)19-12-5-9-22(10-6-12)21-7-1-2-8-21/h3-4,11-12,17H,1-2,5-10,18H2,(H,19,23). The van der Waals surface area contributed by atoms with E-state index in [1.807, 2.05) is 0 Å². The normalized spacial score (nSPS) is 20.5. The molecule has 2 aliphatic heterocycles. The number of hydrogen-bond donors (Lipinski definition) is 3. The molecule has 2 saturated heterocycles. The molecule has 0 bridgehead atoms. The summed E-state index contributed by atoms with van der Waals surface area (Å²) in [6.45, 7) is 4.31. The van der Waals surface area contributed by atoms with Gasteiger partial charge in [-0.2, -0.15) is 0 Å². The van der Waals surface area contributed by atoms with E-state index in [1.165, 1.54) is 25.9 Å². The van der Waals surface area contributed by atoms with Gasteiger partial charge in [0.25, 0.3) is 5.91 Å². The highest BCUT2D eigenvalue weighted by Gasteiger charge is 2.26. The van der Waals surface area contributed by atoms with Crippen molar-refractivity contribution in [2.75, 3.05) is 31.9 Å². The molecule has 2 fully saturated rings. The third-order valence-electron chi connectivity index (χ3n) is 4.62. The molecule has 0 unspecified atom stereocenters. The second-order valence-corrected chi connectivity index (χ2v) is 6.18. The molecule has 7 nitrogen and oxygen atoms in total. The van der Waals surface area contributed by atoms with E-state index in [-0.39, 0.29) is 11.9 Å². The van der Waals surface area contributed by atoms with Crippen LogP contribution >= 0.6 is 0 Å². The van der Waals surface area contributed by atoms with Gasteiger partial charge in [0.15, 0.2) is 0 Å². The highest BCUT2D eigenvalue weighted by molar-refractivity contribution is 5.94. The Balaban J connectivity index is 1.53. The monoisotopic (exact) mass is 316 g/mol. The first kappa shape index (κ1) is 15.9. The number of aromatic nitrogens is 1. The Bertz CT molecular complexity index is 576. The molecular formula is C16H24N6O. The number of hydrogen-bond acceptors (Lipinski definition) is 6. The van der Waals surface area contributed by atoms with Crippen molar-refractivity contribution < 1.29 is 4.79 Å². The number of carbonyl (C=O) groups is 1. The van der Waals surface area contributed by atoms with Crippen molar-refractivity contribution in [2.45, 2.75) is 31.7 Å². The average molecular weight is 316 g/mol. The fourth-order valence-corrected chi connectivity index (χ4v) is 3.26. The van der Waals surface area contributed by atoms with E-state index in [2.05, 4.69) is 20.3 Å². The van der Waals surface area contributed by atoms with Crippen LogP contribution in [-0.2, 0) is 0 Å². The zero-order valence-electron chi connectivity index (χ0n) is 13.3. The van der Waals surface area contributed by atoms with Gasteiger partial charge in [-0.1, -0.05) is 0 Å². The number of carbonyl (C=O) groups excluding carboxylic acids is 1. The smallest absolute Gasteiger partial charge is 0.270 e. The first-order chi connectivity index (χ1) is 11.2. The third kappa shape index (κ3) is 3.68. The Hall–Kier alpha value is -1.99. The summed E-state index contributed by atoms with van der Waals surface area (Å²) in [7, 11) is 0. The van der Waals surface area contributed by atoms with Crippen LogP contribution in [0.3, 0.4) is 0 Å². The van der Waals surface area contributed by atoms with Crippen LogP contribution in [0.25, 0.3) is 0 Å². The third-order valence-corrected chi connectivity index (χ3v) is 4.62. The number of piperidine rings is 1. The van der Waals surface area contributed by atoms with Gasteiger partial charge >= 0.3 is 0 Å². The number of nitrogens with zero attached hydrogens (tertiary/aromatic N) is 3. The van der Waals surface area contributed by atoms with Crippen LogP contribution in [0.4, 0.5) is 5.69 Å². The molecule has 0 spiro atoms. The predicted octanol–water partition coefficient (Wildman–Crippen LogP) is 0.866. The maximum Gasteiger partial charge on any atom is 0.270 e. The van der Waals surface area contributed by atoms with E-state index in [0.29, 0.717) is 17.1 Å². The summed E-state index contributed by atoms with van der Waals surface area (Å²) in [5.74, 6) is -0.187. The second-order valence-electron chi connectivity index (χ2n) is 6.18. The molecule has 1 amide bonds. The number of anilines is 1. The maximum atomic E-state index is 12.3. The van der Waals surface area contributed by atoms with E-state index < -0.39 is 0 Å². The summed E-state index contributed by atoms with van der Waals surface area (Å²) >= 11 is 0. The van der Waals surface area contributed by atoms with Crippen LogP contribution in [0.15, 0.2) is 12.1 Å². The molecule has 124 valence electrons. The quantitative estimate of drug-likeness (QED) is 0.716. The van der Waals surface area contributed by atoms with Crippen molar-refractivity contribution in [3.8, 4) is 0 Å². The lowest BCUT2D eigenvalue weighted by Gasteiger charge is -2.37. The van der Waals surface area contributed by atoms with E-state index in [9.17, 15) is 4.79 Å². The minimum atomic E-state index is -0.187. The van der Waals surface area contributed by atoms with E-state index in [4.69, 9.17) is 11.1 Å². The van der Waals surface area contributed by atoms with Gasteiger partial charge in [-0.05, 0) is 37.8 Å². The van der Waals surface area contributed by atoms with Gasteiger partial charge in [-0.15, -0.1) is 0 Å². The molecule has 3 rings (SSSR count). The van der Waals surface area contributed by atoms with E-state index >= 15 is 0 Å².